The van der Waals surface area contributed by atoms with Crippen molar-refractivity contribution < 1.29 is 13.9 Å². The summed E-state index contributed by atoms with van der Waals surface area (Å²) in [4.78, 5) is 26.0. The van der Waals surface area contributed by atoms with Gasteiger partial charge in [0.15, 0.2) is 11.6 Å². The number of aromatic nitrogens is 2. The van der Waals surface area contributed by atoms with Crippen LogP contribution in [0.3, 0.4) is 0 Å². The molecule has 25 heavy (non-hydrogen) atoms. The molecule has 1 aromatic carbocycles. The van der Waals surface area contributed by atoms with Gasteiger partial charge < -0.3 is 15.0 Å². The van der Waals surface area contributed by atoms with Crippen LogP contribution in [-0.2, 0) is 11.8 Å². The van der Waals surface area contributed by atoms with E-state index >= 15 is 0 Å². The third-order valence-electron chi connectivity index (χ3n) is 4.30. The minimum absolute atomic E-state index is 0.128. The van der Waals surface area contributed by atoms with E-state index < -0.39 is 5.82 Å². The Hall–Kier alpha value is -2.90. The molecule has 1 aliphatic rings. The largest absolute Gasteiger partial charge is 0.494 e. The number of methoxy groups -OCH3 is 1. The summed E-state index contributed by atoms with van der Waals surface area (Å²) in [6.07, 6.45) is 2.26. The summed E-state index contributed by atoms with van der Waals surface area (Å²) >= 11 is 0. The second kappa shape index (κ2) is 6.92. The molecule has 0 saturated carbocycles. The predicted molar refractivity (Wildman–Crippen MR) is 91.4 cm³/mol. The van der Waals surface area contributed by atoms with Gasteiger partial charge in [-0.1, -0.05) is 0 Å². The first-order valence-electron chi connectivity index (χ1n) is 7.90. The van der Waals surface area contributed by atoms with Gasteiger partial charge in [0, 0.05) is 38.0 Å². The van der Waals surface area contributed by atoms with Crippen molar-refractivity contribution in [2.75, 3.05) is 30.4 Å². The Morgan fingerprint density at radius 2 is 2.20 bits per heavy atom. The molecule has 0 aliphatic carbocycles. The number of rotatable bonds is 4. The molecule has 1 aromatic heterocycles. The normalized spacial score (nSPS) is 16.8. The topological polar surface area (TPSA) is 76.5 Å². The van der Waals surface area contributed by atoms with Gasteiger partial charge in [-0.3, -0.25) is 9.59 Å². The first-order valence-corrected chi connectivity index (χ1v) is 7.90. The maximum absolute atomic E-state index is 13.7. The number of nitrogens with one attached hydrogen (secondary N) is 1. The highest BCUT2D eigenvalue weighted by Crippen LogP contribution is 2.25. The summed E-state index contributed by atoms with van der Waals surface area (Å²) in [7, 11) is 2.97. The van der Waals surface area contributed by atoms with Crippen molar-refractivity contribution in [2.45, 2.75) is 6.42 Å². The Balaban J connectivity index is 1.65. The van der Waals surface area contributed by atoms with E-state index in [9.17, 15) is 14.0 Å². The number of carbonyl (C=O) groups excluding carboxylic acids is 1. The maximum atomic E-state index is 13.7. The van der Waals surface area contributed by atoms with Crippen LogP contribution in [0, 0.1) is 11.7 Å². The molecule has 1 unspecified atom stereocenters. The van der Waals surface area contributed by atoms with Crippen molar-refractivity contribution in [2.24, 2.45) is 13.0 Å². The molecule has 1 atom stereocenters. The molecular formula is C17H19FN4O3. The number of hydrogen-bond donors (Lipinski definition) is 1. The molecule has 1 fully saturated rings. The van der Waals surface area contributed by atoms with Gasteiger partial charge >= 0.3 is 0 Å². The number of ether oxygens (including phenoxy) is 1. The Kier molecular flexibility index (Phi) is 4.69. The quantitative estimate of drug-likeness (QED) is 0.905. The third-order valence-corrected chi connectivity index (χ3v) is 4.30. The van der Waals surface area contributed by atoms with E-state index in [0.717, 1.165) is 0 Å². The number of amides is 1. The summed E-state index contributed by atoms with van der Waals surface area (Å²) < 4.78 is 19.8. The number of aryl methyl sites for hydroxylation is 1. The van der Waals surface area contributed by atoms with E-state index in [1.807, 2.05) is 4.90 Å². The number of benzene rings is 1. The minimum atomic E-state index is -0.528. The average Bonchev–Trinajstić information content (AvgIpc) is 3.08. The van der Waals surface area contributed by atoms with E-state index in [-0.39, 0.29) is 23.1 Å². The van der Waals surface area contributed by atoms with Gasteiger partial charge in [-0.05, 0) is 18.6 Å². The van der Waals surface area contributed by atoms with Gasteiger partial charge in [-0.25, -0.2) is 9.07 Å². The fourth-order valence-electron chi connectivity index (χ4n) is 2.83. The lowest BCUT2D eigenvalue weighted by Crippen LogP contribution is -2.28. The van der Waals surface area contributed by atoms with Crippen LogP contribution in [0.5, 0.6) is 5.75 Å². The Morgan fingerprint density at radius 3 is 2.88 bits per heavy atom. The van der Waals surface area contributed by atoms with Crippen LogP contribution < -0.4 is 20.5 Å². The van der Waals surface area contributed by atoms with E-state index in [1.165, 1.54) is 30.0 Å². The summed E-state index contributed by atoms with van der Waals surface area (Å²) in [6.45, 7) is 1.14. The zero-order valence-corrected chi connectivity index (χ0v) is 14.0. The van der Waals surface area contributed by atoms with E-state index in [4.69, 9.17) is 4.74 Å². The molecule has 2 heterocycles. The van der Waals surface area contributed by atoms with Gasteiger partial charge in [-0.2, -0.15) is 5.10 Å². The maximum Gasteiger partial charge on any atom is 0.268 e. The van der Waals surface area contributed by atoms with Crippen LogP contribution in [0.2, 0.25) is 0 Å². The summed E-state index contributed by atoms with van der Waals surface area (Å²) in [5.74, 6) is -0.819. The summed E-state index contributed by atoms with van der Waals surface area (Å²) in [6, 6.07) is 5.80. The average molecular weight is 346 g/mol. The lowest BCUT2D eigenvalue weighted by atomic mass is 10.1. The van der Waals surface area contributed by atoms with Crippen molar-refractivity contribution >= 4 is 17.3 Å². The van der Waals surface area contributed by atoms with Gasteiger partial charge in [0.25, 0.3) is 5.56 Å². The van der Waals surface area contributed by atoms with Crippen LogP contribution in [0.15, 0.2) is 35.3 Å². The molecule has 1 aliphatic heterocycles. The molecule has 2 aromatic rings. The molecule has 1 N–H and O–H groups in total. The van der Waals surface area contributed by atoms with Crippen LogP contribution in [0.1, 0.15) is 6.42 Å². The van der Waals surface area contributed by atoms with Crippen molar-refractivity contribution in [1.82, 2.24) is 9.78 Å². The lowest BCUT2D eigenvalue weighted by molar-refractivity contribution is -0.119. The molecule has 0 radical (unpaired) electrons. The number of carbonyl (C=O) groups is 1. The Morgan fingerprint density at radius 1 is 1.40 bits per heavy atom. The fraction of sp³-hybridized carbons (Fsp3) is 0.353. The van der Waals surface area contributed by atoms with Crippen LogP contribution in [-0.4, -0.2) is 35.9 Å². The molecule has 132 valence electrons. The zero-order valence-electron chi connectivity index (χ0n) is 14.0. The van der Waals surface area contributed by atoms with Crippen molar-refractivity contribution in [3.63, 3.8) is 0 Å². The molecule has 0 spiro atoms. The van der Waals surface area contributed by atoms with E-state index in [2.05, 4.69) is 10.4 Å². The number of anilines is 2. The lowest BCUT2D eigenvalue weighted by Gasteiger charge is -2.18. The molecular weight excluding hydrogens is 327 g/mol. The first kappa shape index (κ1) is 16.9. The highest BCUT2D eigenvalue weighted by molar-refractivity contribution is 5.93. The SMILES string of the molecule is COc1ccc(NC(=O)C2CCN(c3cnn(C)c(=O)c3)C2)cc1F. The Labute approximate surface area is 144 Å². The van der Waals surface area contributed by atoms with Crippen LogP contribution in [0.25, 0.3) is 0 Å². The van der Waals surface area contributed by atoms with Gasteiger partial charge in [0.1, 0.15) is 0 Å². The second-order valence-electron chi connectivity index (χ2n) is 5.95. The number of nitrogens with zero attached hydrogens (tertiary/aromatic N) is 3. The highest BCUT2D eigenvalue weighted by atomic mass is 19.1. The summed E-state index contributed by atoms with van der Waals surface area (Å²) in [5.41, 5.74) is 0.894. The van der Waals surface area contributed by atoms with Crippen molar-refractivity contribution in [3.8, 4) is 5.75 Å². The smallest absolute Gasteiger partial charge is 0.268 e. The highest BCUT2D eigenvalue weighted by Gasteiger charge is 2.29. The van der Waals surface area contributed by atoms with Crippen molar-refractivity contribution in [3.05, 3.63) is 46.6 Å². The Bertz CT molecular complexity index is 852. The van der Waals surface area contributed by atoms with E-state index in [0.29, 0.717) is 30.9 Å². The first-order chi connectivity index (χ1) is 12.0. The van der Waals surface area contributed by atoms with Gasteiger partial charge in [-0.15, -0.1) is 0 Å². The summed E-state index contributed by atoms with van der Waals surface area (Å²) in [5, 5.41) is 6.72. The third kappa shape index (κ3) is 3.62. The predicted octanol–water partition coefficient (Wildman–Crippen LogP) is 1.39. The second-order valence-corrected chi connectivity index (χ2v) is 5.95. The molecule has 8 heteroatoms. The number of hydrogen-bond acceptors (Lipinski definition) is 5. The molecule has 1 saturated heterocycles. The molecule has 1 amide bonds. The standard InChI is InChI=1S/C17H19FN4O3/c1-21-16(23)8-13(9-19-21)22-6-5-11(10-22)17(24)20-12-3-4-15(25-2)14(18)7-12/h3-4,7-9,11H,5-6,10H2,1-2H3,(H,20,24). The van der Waals surface area contributed by atoms with Crippen LogP contribution >= 0.6 is 0 Å². The molecule has 3 rings (SSSR count). The van der Waals surface area contributed by atoms with Crippen LogP contribution in [0.4, 0.5) is 15.8 Å². The minimum Gasteiger partial charge on any atom is -0.494 e. The molecule has 0 bridgehead atoms. The van der Waals surface area contributed by atoms with Gasteiger partial charge in [0.2, 0.25) is 5.91 Å². The monoisotopic (exact) mass is 346 g/mol. The van der Waals surface area contributed by atoms with Gasteiger partial charge in [0.05, 0.1) is 24.9 Å². The molecule has 7 nitrogen and oxygen atoms in total. The fourth-order valence-corrected chi connectivity index (χ4v) is 2.83. The number of halogens is 1. The van der Waals surface area contributed by atoms with Crippen molar-refractivity contribution in [1.29, 1.82) is 0 Å². The zero-order chi connectivity index (χ0) is 18.0. The van der Waals surface area contributed by atoms with E-state index in [1.54, 1.807) is 19.3 Å².